The van der Waals surface area contributed by atoms with Crippen LogP contribution in [0, 0.1) is 12.8 Å². The zero-order valence-corrected chi connectivity index (χ0v) is 20.3. The van der Waals surface area contributed by atoms with Crippen molar-refractivity contribution >= 4 is 57.8 Å². The molecule has 4 rings (SSSR count). The number of nitrogens with zero attached hydrogens (tertiary/aromatic N) is 2. The van der Waals surface area contributed by atoms with Gasteiger partial charge in [0.15, 0.2) is 5.17 Å². The van der Waals surface area contributed by atoms with E-state index in [1.54, 1.807) is 17.0 Å². The number of benzene rings is 2. The summed E-state index contributed by atoms with van der Waals surface area (Å²) in [5.74, 6) is 1.39. The molecular weight excluding hydrogens is 463 g/mol. The Bertz CT molecular complexity index is 1210. The van der Waals surface area contributed by atoms with Gasteiger partial charge >= 0.3 is 0 Å². The minimum Gasteiger partial charge on any atom is -0.457 e. The van der Waals surface area contributed by atoms with Crippen LogP contribution in [0.25, 0.3) is 17.4 Å². The topological polar surface area (TPSA) is 45.8 Å². The third-order valence-corrected chi connectivity index (χ3v) is 6.64. The van der Waals surface area contributed by atoms with Crippen molar-refractivity contribution in [2.75, 3.05) is 6.54 Å². The molecule has 0 bridgehead atoms. The highest BCUT2D eigenvalue weighted by atomic mass is 35.5. The second-order valence-corrected chi connectivity index (χ2v) is 9.75. The molecule has 1 saturated heterocycles. The summed E-state index contributed by atoms with van der Waals surface area (Å²) in [6.07, 6.45) is 1.75. The Morgan fingerprint density at radius 3 is 2.56 bits per heavy atom. The summed E-state index contributed by atoms with van der Waals surface area (Å²) in [4.78, 5) is 20.2. The van der Waals surface area contributed by atoms with E-state index in [4.69, 9.17) is 32.6 Å². The number of hydrogen-bond acceptors (Lipinski definition) is 4. The maximum Gasteiger partial charge on any atom is 0.266 e. The van der Waals surface area contributed by atoms with Crippen LogP contribution in [0.4, 0.5) is 5.69 Å². The molecule has 2 aromatic carbocycles. The molecule has 0 atom stereocenters. The van der Waals surface area contributed by atoms with Crippen LogP contribution in [-0.4, -0.2) is 22.5 Å². The van der Waals surface area contributed by atoms with E-state index in [1.807, 2.05) is 55.5 Å². The van der Waals surface area contributed by atoms with Gasteiger partial charge in [-0.05, 0) is 61.0 Å². The van der Waals surface area contributed by atoms with E-state index in [2.05, 4.69) is 13.8 Å². The average Bonchev–Trinajstić information content (AvgIpc) is 3.32. The standard InChI is InChI=1S/C25H22Cl2N2O2S/c1-15(2)14-29-24(30)22(32-25(29)28-17-9-7-16(3)8-10-17)13-18-11-12-21(31-18)19-5-4-6-20(26)23(19)27/h4-13,15H,14H2,1-3H3/b22-13+,28-25?. The minimum atomic E-state index is -0.0756. The highest BCUT2D eigenvalue weighted by Gasteiger charge is 2.34. The van der Waals surface area contributed by atoms with Crippen LogP contribution < -0.4 is 0 Å². The number of thioether (sulfide) groups is 1. The predicted octanol–water partition coefficient (Wildman–Crippen LogP) is 7.82. The van der Waals surface area contributed by atoms with Crippen molar-refractivity contribution < 1.29 is 9.21 Å². The van der Waals surface area contributed by atoms with Gasteiger partial charge in [-0.3, -0.25) is 9.69 Å². The molecular formula is C25H22Cl2N2O2S. The van der Waals surface area contributed by atoms with E-state index in [0.717, 1.165) is 11.3 Å². The summed E-state index contributed by atoms with van der Waals surface area (Å²) in [5, 5.41) is 1.57. The lowest BCUT2D eigenvalue weighted by Crippen LogP contribution is -2.32. The first-order valence-electron chi connectivity index (χ1n) is 10.2. The van der Waals surface area contributed by atoms with Crippen molar-refractivity contribution in [2.45, 2.75) is 20.8 Å². The lowest BCUT2D eigenvalue weighted by Gasteiger charge is -2.17. The number of rotatable bonds is 5. The number of amidine groups is 1. The lowest BCUT2D eigenvalue weighted by molar-refractivity contribution is -0.122. The molecule has 0 unspecified atom stereocenters. The van der Waals surface area contributed by atoms with E-state index in [0.29, 0.717) is 49.7 Å². The molecule has 0 radical (unpaired) electrons. The van der Waals surface area contributed by atoms with Crippen molar-refractivity contribution in [2.24, 2.45) is 10.9 Å². The first-order chi connectivity index (χ1) is 15.3. The molecule has 1 aliphatic rings. The molecule has 2 heterocycles. The zero-order chi connectivity index (χ0) is 22.8. The maximum atomic E-state index is 13.2. The van der Waals surface area contributed by atoms with Crippen LogP contribution in [0.1, 0.15) is 25.2 Å². The summed E-state index contributed by atoms with van der Waals surface area (Å²) < 4.78 is 5.96. The summed E-state index contributed by atoms with van der Waals surface area (Å²) in [6, 6.07) is 17.0. The van der Waals surface area contributed by atoms with Crippen LogP contribution in [0.3, 0.4) is 0 Å². The molecule has 0 spiro atoms. The van der Waals surface area contributed by atoms with Gasteiger partial charge in [-0.15, -0.1) is 0 Å². The van der Waals surface area contributed by atoms with Gasteiger partial charge < -0.3 is 4.42 Å². The van der Waals surface area contributed by atoms with Gasteiger partial charge in [0.05, 0.1) is 20.6 Å². The number of hydrogen-bond donors (Lipinski definition) is 0. The Balaban J connectivity index is 1.65. The Hall–Kier alpha value is -2.47. The van der Waals surface area contributed by atoms with Gasteiger partial charge in [0.2, 0.25) is 0 Å². The van der Waals surface area contributed by atoms with Gasteiger partial charge in [0.25, 0.3) is 5.91 Å². The Morgan fingerprint density at radius 2 is 1.84 bits per heavy atom. The van der Waals surface area contributed by atoms with E-state index in [1.165, 1.54) is 11.8 Å². The monoisotopic (exact) mass is 484 g/mol. The molecule has 0 aliphatic carbocycles. The second-order valence-electron chi connectivity index (χ2n) is 7.95. The predicted molar refractivity (Wildman–Crippen MR) is 135 cm³/mol. The fourth-order valence-corrected chi connectivity index (χ4v) is 4.63. The zero-order valence-electron chi connectivity index (χ0n) is 17.9. The normalized spacial score (nSPS) is 16.7. The molecule has 1 aliphatic heterocycles. The van der Waals surface area contributed by atoms with Gasteiger partial charge in [-0.25, -0.2) is 4.99 Å². The number of aliphatic imine (C=N–C) groups is 1. The van der Waals surface area contributed by atoms with Crippen molar-refractivity contribution in [3.05, 3.63) is 80.9 Å². The van der Waals surface area contributed by atoms with Gasteiger partial charge in [-0.2, -0.15) is 0 Å². The molecule has 1 aromatic heterocycles. The van der Waals surface area contributed by atoms with E-state index in [9.17, 15) is 4.79 Å². The molecule has 1 fully saturated rings. The molecule has 164 valence electrons. The van der Waals surface area contributed by atoms with Crippen LogP contribution in [0.2, 0.25) is 10.0 Å². The summed E-state index contributed by atoms with van der Waals surface area (Å²) in [5.41, 5.74) is 2.69. The summed E-state index contributed by atoms with van der Waals surface area (Å²) in [6.45, 7) is 6.79. The van der Waals surface area contributed by atoms with Crippen LogP contribution in [-0.2, 0) is 4.79 Å². The van der Waals surface area contributed by atoms with E-state index in [-0.39, 0.29) is 5.91 Å². The smallest absolute Gasteiger partial charge is 0.266 e. The number of furan rings is 1. The van der Waals surface area contributed by atoms with Gasteiger partial charge in [0, 0.05) is 18.2 Å². The van der Waals surface area contributed by atoms with E-state index >= 15 is 0 Å². The minimum absolute atomic E-state index is 0.0756. The third-order valence-electron chi connectivity index (χ3n) is 4.81. The highest BCUT2D eigenvalue weighted by molar-refractivity contribution is 8.18. The van der Waals surface area contributed by atoms with Crippen LogP contribution in [0.15, 0.2) is 68.9 Å². The summed E-state index contributed by atoms with van der Waals surface area (Å²) >= 11 is 13.8. The number of halogens is 2. The molecule has 3 aromatic rings. The van der Waals surface area contributed by atoms with Crippen molar-refractivity contribution in [1.29, 1.82) is 0 Å². The van der Waals surface area contributed by atoms with Gasteiger partial charge in [-0.1, -0.05) is 60.8 Å². The summed E-state index contributed by atoms with van der Waals surface area (Å²) in [7, 11) is 0. The molecule has 1 amide bonds. The lowest BCUT2D eigenvalue weighted by atomic mass is 10.2. The molecule has 0 saturated carbocycles. The number of carbonyl (C=O) groups excluding carboxylic acids is 1. The number of aryl methyl sites for hydroxylation is 1. The number of carbonyl (C=O) groups is 1. The highest BCUT2D eigenvalue weighted by Crippen LogP contribution is 2.37. The Labute approximate surface area is 201 Å². The fourth-order valence-electron chi connectivity index (χ4n) is 3.25. The van der Waals surface area contributed by atoms with Crippen molar-refractivity contribution in [1.82, 2.24) is 4.90 Å². The second kappa shape index (κ2) is 9.57. The maximum absolute atomic E-state index is 13.2. The van der Waals surface area contributed by atoms with Crippen molar-refractivity contribution in [3.63, 3.8) is 0 Å². The molecule has 0 N–H and O–H groups in total. The molecule has 7 heteroatoms. The largest absolute Gasteiger partial charge is 0.457 e. The number of amides is 1. The van der Waals surface area contributed by atoms with Crippen LogP contribution in [0.5, 0.6) is 0 Å². The Kier molecular flexibility index (Phi) is 6.79. The molecule has 4 nitrogen and oxygen atoms in total. The Morgan fingerprint density at radius 1 is 1.09 bits per heavy atom. The van der Waals surface area contributed by atoms with Gasteiger partial charge in [0.1, 0.15) is 11.5 Å². The quantitative estimate of drug-likeness (QED) is 0.346. The fraction of sp³-hybridized carbons (Fsp3) is 0.200. The van der Waals surface area contributed by atoms with Crippen LogP contribution >= 0.6 is 35.0 Å². The third kappa shape index (κ3) is 4.96. The van der Waals surface area contributed by atoms with Crippen molar-refractivity contribution in [3.8, 4) is 11.3 Å². The first kappa shape index (κ1) is 22.7. The molecule has 32 heavy (non-hydrogen) atoms. The first-order valence-corrected chi connectivity index (χ1v) is 11.8. The van der Waals surface area contributed by atoms with E-state index < -0.39 is 0 Å². The average molecular weight is 485 g/mol. The SMILES string of the molecule is Cc1ccc(N=C2S/C(=C/c3ccc(-c4cccc(Cl)c4Cl)o3)C(=O)N2CC(C)C)cc1.